The minimum Gasteiger partial charge on any atom is -0.327 e. The lowest BCUT2D eigenvalue weighted by molar-refractivity contribution is 0.222. The lowest BCUT2D eigenvalue weighted by Gasteiger charge is -2.18. The fourth-order valence-corrected chi connectivity index (χ4v) is 1.77. The summed E-state index contributed by atoms with van der Waals surface area (Å²) in [5.74, 6) is -1.60. The van der Waals surface area contributed by atoms with Crippen molar-refractivity contribution < 1.29 is 13.6 Å². The predicted octanol–water partition coefficient (Wildman–Crippen LogP) is 3.07. The van der Waals surface area contributed by atoms with Gasteiger partial charge in [-0.3, -0.25) is 4.98 Å². The van der Waals surface area contributed by atoms with Crippen LogP contribution in [0.25, 0.3) is 0 Å². The minimum absolute atomic E-state index is 0.423. The van der Waals surface area contributed by atoms with Crippen molar-refractivity contribution in [3.8, 4) is 0 Å². The molecule has 1 aromatic heterocycles. The number of rotatable bonds is 4. The highest BCUT2D eigenvalue weighted by molar-refractivity contribution is 5.89. The van der Waals surface area contributed by atoms with Gasteiger partial charge in [-0.15, -0.1) is 0 Å². The van der Waals surface area contributed by atoms with E-state index in [4.69, 9.17) is 0 Å². The number of likely N-dealkylation sites (N-methyl/N-ethyl adjacent to an activating group) is 1. The molecule has 1 N–H and O–H groups in total. The third kappa shape index (κ3) is 3.98. The molecule has 2 rings (SSSR count). The molecule has 0 aliphatic rings. The molecule has 0 unspecified atom stereocenters. The average molecular weight is 291 g/mol. The van der Waals surface area contributed by atoms with Gasteiger partial charge in [0.2, 0.25) is 0 Å². The summed E-state index contributed by atoms with van der Waals surface area (Å²) in [7, 11) is 1.56. The second-order valence-corrected chi connectivity index (χ2v) is 4.55. The Morgan fingerprint density at radius 1 is 1.19 bits per heavy atom. The molecular formula is C15H15F2N3O. The summed E-state index contributed by atoms with van der Waals surface area (Å²) < 4.78 is 26.9. The van der Waals surface area contributed by atoms with E-state index in [-0.39, 0.29) is 0 Å². The number of urea groups is 1. The van der Waals surface area contributed by atoms with E-state index in [0.29, 0.717) is 13.0 Å². The zero-order valence-electron chi connectivity index (χ0n) is 11.5. The van der Waals surface area contributed by atoms with E-state index in [0.717, 1.165) is 17.7 Å². The average Bonchev–Trinajstić information content (AvgIpc) is 2.49. The Hall–Kier alpha value is -2.50. The minimum atomic E-state index is -0.800. The van der Waals surface area contributed by atoms with E-state index in [9.17, 15) is 13.6 Å². The smallest absolute Gasteiger partial charge is 0.321 e. The van der Waals surface area contributed by atoms with Gasteiger partial charge < -0.3 is 10.2 Å². The summed E-state index contributed by atoms with van der Waals surface area (Å²) in [6.07, 6.45) is 3.97. The van der Waals surface area contributed by atoms with Gasteiger partial charge in [-0.2, -0.15) is 0 Å². The van der Waals surface area contributed by atoms with Gasteiger partial charge in [-0.1, -0.05) is 6.07 Å². The number of amides is 2. The SMILES string of the molecule is CN(CCc1ccncc1)C(=O)Nc1c(F)cccc1F. The molecule has 1 aromatic carbocycles. The molecule has 0 saturated heterocycles. The van der Waals surface area contributed by atoms with E-state index in [1.807, 2.05) is 12.1 Å². The van der Waals surface area contributed by atoms with E-state index in [2.05, 4.69) is 10.3 Å². The number of hydrogen-bond donors (Lipinski definition) is 1. The Labute approximate surface area is 121 Å². The third-order valence-electron chi connectivity index (χ3n) is 3.03. The van der Waals surface area contributed by atoms with E-state index in [1.54, 1.807) is 19.4 Å². The first-order valence-corrected chi connectivity index (χ1v) is 6.43. The molecular weight excluding hydrogens is 276 g/mol. The van der Waals surface area contributed by atoms with Crippen LogP contribution >= 0.6 is 0 Å². The maximum atomic E-state index is 13.4. The van der Waals surface area contributed by atoms with Crippen LogP contribution in [0.1, 0.15) is 5.56 Å². The van der Waals surface area contributed by atoms with E-state index < -0.39 is 23.4 Å². The number of pyridine rings is 1. The van der Waals surface area contributed by atoms with Crippen LogP contribution in [0, 0.1) is 11.6 Å². The fraction of sp³-hybridized carbons (Fsp3) is 0.200. The number of para-hydroxylation sites is 1. The van der Waals surface area contributed by atoms with Gasteiger partial charge in [0, 0.05) is 26.0 Å². The van der Waals surface area contributed by atoms with Gasteiger partial charge >= 0.3 is 6.03 Å². The highest BCUT2D eigenvalue weighted by atomic mass is 19.1. The highest BCUT2D eigenvalue weighted by Crippen LogP contribution is 2.18. The van der Waals surface area contributed by atoms with Crippen molar-refractivity contribution in [3.63, 3.8) is 0 Å². The van der Waals surface area contributed by atoms with Crippen LogP contribution in [0.4, 0.5) is 19.3 Å². The van der Waals surface area contributed by atoms with Crippen molar-refractivity contribution in [3.05, 3.63) is 59.9 Å². The van der Waals surface area contributed by atoms with E-state index >= 15 is 0 Å². The number of nitrogens with zero attached hydrogens (tertiary/aromatic N) is 2. The molecule has 2 amide bonds. The van der Waals surface area contributed by atoms with Crippen molar-refractivity contribution in [2.45, 2.75) is 6.42 Å². The monoisotopic (exact) mass is 291 g/mol. The van der Waals surface area contributed by atoms with Crippen LogP contribution in [-0.2, 0) is 6.42 Å². The molecule has 0 bridgehead atoms. The fourth-order valence-electron chi connectivity index (χ4n) is 1.77. The zero-order valence-corrected chi connectivity index (χ0v) is 11.5. The first kappa shape index (κ1) is 14.9. The normalized spacial score (nSPS) is 10.2. The molecule has 4 nitrogen and oxygen atoms in total. The summed E-state index contributed by atoms with van der Waals surface area (Å²) in [6.45, 7) is 0.423. The molecule has 0 aliphatic heterocycles. The molecule has 1 heterocycles. The lowest BCUT2D eigenvalue weighted by atomic mass is 10.2. The van der Waals surface area contributed by atoms with Crippen molar-refractivity contribution in [1.82, 2.24) is 9.88 Å². The second kappa shape index (κ2) is 6.78. The summed E-state index contributed by atoms with van der Waals surface area (Å²) >= 11 is 0. The third-order valence-corrected chi connectivity index (χ3v) is 3.03. The van der Waals surface area contributed by atoms with Gasteiger partial charge in [0.15, 0.2) is 0 Å². The molecule has 110 valence electrons. The predicted molar refractivity (Wildman–Crippen MR) is 75.9 cm³/mol. The quantitative estimate of drug-likeness (QED) is 0.941. The van der Waals surface area contributed by atoms with Crippen LogP contribution < -0.4 is 5.32 Å². The second-order valence-electron chi connectivity index (χ2n) is 4.55. The summed E-state index contributed by atoms with van der Waals surface area (Å²) in [5, 5.41) is 2.24. The molecule has 21 heavy (non-hydrogen) atoms. The Morgan fingerprint density at radius 2 is 1.81 bits per heavy atom. The number of aromatic nitrogens is 1. The summed E-state index contributed by atoms with van der Waals surface area (Å²) in [6, 6.07) is 6.57. The Bertz CT molecular complexity index is 599. The van der Waals surface area contributed by atoms with Crippen LogP contribution in [0.2, 0.25) is 0 Å². The van der Waals surface area contributed by atoms with Gasteiger partial charge in [-0.05, 0) is 36.2 Å². The molecule has 6 heteroatoms. The Balaban J connectivity index is 1.94. The zero-order chi connectivity index (χ0) is 15.2. The summed E-state index contributed by atoms with van der Waals surface area (Å²) in [5.41, 5.74) is 0.597. The van der Waals surface area contributed by atoms with E-state index in [1.165, 1.54) is 11.0 Å². The van der Waals surface area contributed by atoms with Gasteiger partial charge in [0.1, 0.15) is 17.3 Å². The van der Waals surface area contributed by atoms with Crippen LogP contribution in [0.15, 0.2) is 42.7 Å². The van der Waals surface area contributed by atoms with Crippen LogP contribution in [0.5, 0.6) is 0 Å². The number of hydrogen-bond acceptors (Lipinski definition) is 2. The number of benzene rings is 1. The number of anilines is 1. The van der Waals surface area contributed by atoms with Gasteiger partial charge in [0.05, 0.1) is 0 Å². The topological polar surface area (TPSA) is 45.2 Å². The first-order valence-electron chi connectivity index (χ1n) is 6.43. The van der Waals surface area contributed by atoms with Crippen LogP contribution in [0.3, 0.4) is 0 Å². The van der Waals surface area contributed by atoms with Crippen molar-refractivity contribution >= 4 is 11.7 Å². The summed E-state index contributed by atoms with van der Waals surface area (Å²) in [4.78, 5) is 17.2. The Kier molecular flexibility index (Phi) is 4.81. The number of carbonyl (C=O) groups is 1. The number of nitrogens with one attached hydrogen (secondary N) is 1. The number of halogens is 2. The van der Waals surface area contributed by atoms with Crippen molar-refractivity contribution in [1.29, 1.82) is 0 Å². The van der Waals surface area contributed by atoms with Crippen molar-refractivity contribution in [2.24, 2.45) is 0 Å². The standard InChI is InChI=1S/C15H15F2N3O/c1-20(10-7-11-5-8-18-9-6-11)15(21)19-14-12(16)3-2-4-13(14)17/h2-6,8-9H,7,10H2,1H3,(H,19,21). The molecule has 0 fully saturated rings. The van der Waals surface area contributed by atoms with Gasteiger partial charge in [-0.25, -0.2) is 13.6 Å². The largest absolute Gasteiger partial charge is 0.327 e. The molecule has 0 saturated carbocycles. The molecule has 0 atom stereocenters. The number of carbonyl (C=O) groups excluding carboxylic acids is 1. The molecule has 0 aliphatic carbocycles. The van der Waals surface area contributed by atoms with Gasteiger partial charge in [0.25, 0.3) is 0 Å². The highest BCUT2D eigenvalue weighted by Gasteiger charge is 2.14. The lowest BCUT2D eigenvalue weighted by Crippen LogP contribution is -2.33. The molecule has 0 radical (unpaired) electrons. The Morgan fingerprint density at radius 3 is 2.43 bits per heavy atom. The van der Waals surface area contributed by atoms with Crippen LogP contribution in [-0.4, -0.2) is 29.5 Å². The first-order chi connectivity index (χ1) is 10.1. The maximum Gasteiger partial charge on any atom is 0.321 e. The molecule has 2 aromatic rings. The van der Waals surface area contributed by atoms with Crippen molar-refractivity contribution in [2.75, 3.05) is 18.9 Å². The maximum absolute atomic E-state index is 13.4. The molecule has 0 spiro atoms.